The van der Waals surface area contributed by atoms with E-state index in [2.05, 4.69) is 5.32 Å². The van der Waals surface area contributed by atoms with Crippen molar-refractivity contribution >= 4 is 17.6 Å². The lowest BCUT2D eigenvalue weighted by Gasteiger charge is -2.16. The smallest absolute Gasteiger partial charge is 0.326 e. The molecule has 1 unspecified atom stereocenters. The van der Waals surface area contributed by atoms with Crippen LogP contribution in [-0.2, 0) is 4.79 Å². The topological polar surface area (TPSA) is 110 Å². The molecule has 0 radical (unpaired) electrons. The number of carboxylic acids is 1. The van der Waals surface area contributed by atoms with Crippen LogP contribution >= 0.6 is 0 Å². The van der Waals surface area contributed by atoms with Gasteiger partial charge in [-0.1, -0.05) is 19.9 Å². The Morgan fingerprint density at radius 2 is 2.00 bits per heavy atom. The Morgan fingerprint density at radius 1 is 1.38 bits per heavy atom. The number of nitro benzene ring substituents is 1. The van der Waals surface area contributed by atoms with Crippen LogP contribution in [-0.4, -0.2) is 27.9 Å². The lowest BCUT2D eigenvalue weighted by Crippen LogP contribution is -2.41. The maximum atomic E-state index is 12.1. The summed E-state index contributed by atoms with van der Waals surface area (Å²) >= 11 is 0. The van der Waals surface area contributed by atoms with E-state index in [-0.39, 0.29) is 23.6 Å². The highest BCUT2D eigenvalue weighted by Gasteiger charge is 2.26. The summed E-state index contributed by atoms with van der Waals surface area (Å²) in [5.74, 6) is -1.84. The number of aryl methyl sites for hydroxylation is 1. The number of amides is 1. The van der Waals surface area contributed by atoms with Crippen molar-refractivity contribution in [1.29, 1.82) is 0 Å². The van der Waals surface area contributed by atoms with E-state index in [9.17, 15) is 19.7 Å². The molecule has 0 fully saturated rings. The van der Waals surface area contributed by atoms with E-state index >= 15 is 0 Å². The number of benzene rings is 1. The van der Waals surface area contributed by atoms with Crippen molar-refractivity contribution in [2.24, 2.45) is 5.92 Å². The second kappa shape index (κ2) is 6.83. The summed E-state index contributed by atoms with van der Waals surface area (Å²) in [6.45, 7) is 5.36. The van der Waals surface area contributed by atoms with E-state index in [0.29, 0.717) is 5.56 Å². The molecule has 0 heterocycles. The van der Waals surface area contributed by atoms with Crippen molar-refractivity contribution in [3.8, 4) is 0 Å². The molecule has 1 rings (SSSR count). The Labute approximate surface area is 122 Å². The minimum Gasteiger partial charge on any atom is -0.480 e. The fraction of sp³-hybridized carbons (Fsp3) is 0.429. The fourth-order valence-corrected chi connectivity index (χ4v) is 1.92. The van der Waals surface area contributed by atoms with Crippen LogP contribution in [0.2, 0.25) is 0 Å². The third-order valence-corrected chi connectivity index (χ3v) is 2.90. The summed E-state index contributed by atoms with van der Waals surface area (Å²) in [4.78, 5) is 33.6. The molecule has 1 amide bonds. The van der Waals surface area contributed by atoms with Crippen LogP contribution in [0.5, 0.6) is 0 Å². The highest BCUT2D eigenvalue weighted by Crippen LogP contribution is 2.20. The lowest BCUT2D eigenvalue weighted by molar-refractivity contribution is -0.385. The quantitative estimate of drug-likeness (QED) is 0.617. The molecule has 1 atom stereocenters. The summed E-state index contributed by atoms with van der Waals surface area (Å²) in [5, 5.41) is 22.4. The Balaban J connectivity index is 3.05. The first kappa shape index (κ1) is 16.6. The minimum atomic E-state index is -1.16. The van der Waals surface area contributed by atoms with Gasteiger partial charge in [-0.3, -0.25) is 14.9 Å². The summed E-state index contributed by atoms with van der Waals surface area (Å²) in [7, 11) is 0. The van der Waals surface area contributed by atoms with Gasteiger partial charge in [0.1, 0.15) is 11.6 Å². The molecule has 0 bridgehead atoms. The van der Waals surface area contributed by atoms with E-state index < -0.39 is 22.8 Å². The van der Waals surface area contributed by atoms with Gasteiger partial charge in [-0.25, -0.2) is 4.79 Å². The molecule has 114 valence electrons. The largest absolute Gasteiger partial charge is 0.480 e. The molecule has 0 aliphatic carbocycles. The summed E-state index contributed by atoms with van der Waals surface area (Å²) < 4.78 is 0. The van der Waals surface area contributed by atoms with Gasteiger partial charge in [-0.2, -0.15) is 0 Å². The van der Waals surface area contributed by atoms with Gasteiger partial charge in [0.25, 0.3) is 11.6 Å². The van der Waals surface area contributed by atoms with Crippen LogP contribution < -0.4 is 5.32 Å². The number of carboxylic acid groups (broad SMARTS) is 1. The number of nitrogens with one attached hydrogen (secondary N) is 1. The minimum absolute atomic E-state index is 0.0684. The summed E-state index contributed by atoms with van der Waals surface area (Å²) in [6.07, 6.45) is 0.251. The van der Waals surface area contributed by atoms with Gasteiger partial charge in [-0.15, -0.1) is 0 Å². The molecule has 0 aromatic heterocycles. The number of carbonyl (C=O) groups excluding carboxylic acids is 1. The van der Waals surface area contributed by atoms with Crippen molar-refractivity contribution in [2.75, 3.05) is 0 Å². The van der Waals surface area contributed by atoms with Gasteiger partial charge in [0, 0.05) is 6.07 Å². The second-order valence-electron chi connectivity index (χ2n) is 5.27. The van der Waals surface area contributed by atoms with Gasteiger partial charge in [0.2, 0.25) is 0 Å². The molecular formula is C14H18N2O5. The molecule has 7 heteroatoms. The Hall–Kier alpha value is -2.44. The van der Waals surface area contributed by atoms with E-state index in [0.717, 1.165) is 0 Å². The molecule has 7 nitrogen and oxygen atoms in total. The fourth-order valence-electron chi connectivity index (χ4n) is 1.92. The Bertz CT molecular complexity index is 568. The van der Waals surface area contributed by atoms with Crippen LogP contribution in [0, 0.1) is 23.0 Å². The summed E-state index contributed by atoms with van der Waals surface area (Å²) in [6, 6.07) is 3.07. The van der Waals surface area contributed by atoms with Gasteiger partial charge in [0.05, 0.1) is 4.92 Å². The van der Waals surface area contributed by atoms with Crippen LogP contribution in [0.15, 0.2) is 18.2 Å². The molecule has 1 aromatic carbocycles. The predicted molar refractivity (Wildman–Crippen MR) is 76.2 cm³/mol. The number of hydrogen-bond donors (Lipinski definition) is 2. The van der Waals surface area contributed by atoms with E-state index in [4.69, 9.17) is 5.11 Å². The standard InChI is InChI=1S/C14H18N2O5/c1-8(2)6-11(14(18)19)15-13(17)10-7-9(3)4-5-12(10)16(20)21/h4-5,7-8,11H,6H2,1-3H3,(H,15,17)(H,18,19). The molecule has 0 saturated carbocycles. The molecule has 0 aliphatic heterocycles. The number of rotatable bonds is 6. The van der Waals surface area contributed by atoms with Crippen LogP contribution in [0.4, 0.5) is 5.69 Å². The average Bonchev–Trinajstić information content (AvgIpc) is 2.36. The summed E-state index contributed by atoms with van der Waals surface area (Å²) in [5.41, 5.74) is 0.211. The molecule has 21 heavy (non-hydrogen) atoms. The lowest BCUT2D eigenvalue weighted by atomic mass is 10.0. The van der Waals surface area contributed by atoms with Crippen molar-refractivity contribution in [1.82, 2.24) is 5.32 Å². The van der Waals surface area contributed by atoms with Crippen molar-refractivity contribution in [3.05, 3.63) is 39.4 Å². The molecule has 1 aromatic rings. The maximum Gasteiger partial charge on any atom is 0.326 e. The number of nitrogens with zero attached hydrogens (tertiary/aromatic N) is 1. The molecule has 0 saturated heterocycles. The van der Waals surface area contributed by atoms with E-state index in [1.165, 1.54) is 18.2 Å². The molecule has 0 aliphatic rings. The molecule has 0 spiro atoms. The number of nitro groups is 1. The van der Waals surface area contributed by atoms with E-state index in [1.54, 1.807) is 6.92 Å². The maximum absolute atomic E-state index is 12.1. The first-order valence-corrected chi connectivity index (χ1v) is 6.51. The number of aliphatic carboxylic acids is 1. The third-order valence-electron chi connectivity index (χ3n) is 2.90. The zero-order chi connectivity index (χ0) is 16.2. The highest BCUT2D eigenvalue weighted by molar-refractivity contribution is 6.00. The first-order valence-electron chi connectivity index (χ1n) is 6.51. The second-order valence-corrected chi connectivity index (χ2v) is 5.27. The van der Waals surface area contributed by atoms with Crippen molar-refractivity contribution < 1.29 is 19.6 Å². The highest BCUT2D eigenvalue weighted by atomic mass is 16.6. The monoisotopic (exact) mass is 294 g/mol. The Kier molecular flexibility index (Phi) is 5.40. The van der Waals surface area contributed by atoms with Crippen molar-refractivity contribution in [3.63, 3.8) is 0 Å². The van der Waals surface area contributed by atoms with E-state index in [1.807, 2.05) is 13.8 Å². The van der Waals surface area contributed by atoms with Gasteiger partial charge < -0.3 is 10.4 Å². The first-order chi connectivity index (χ1) is 9.72. The number of carbonyl (C=O) groups is 2. The zero-order valence-electron chi connectivity index (χ0n) is 12.1. The predicted octanol–water partition coefficient (Wildman–Crippen LogP) is 2.13. The zero-order valence-corrected chi connectivity index (χ0v) is 12.1. The Morgan fingerprint density at radius 3 is 2.48 bits per heavy atom. The average molecular weight is 294 g/mol. The van der Waals surface area contributed by atoms with Crippen LogP contribution in [0.3, 0.4) is 0 Å². The normalized spacial score (nSPS) is 12.0. The van der Waals surface area contributed by atoms with Gasteiger partial charge in [-0.05, 0) is 30.9 Å². The van der Waals surface area contributed by atoms with Crippen LogP contribution in [0.25, 0.3) is 0 Å². The van der Waals surface area contributed by atoms with Gasteiger partial charge >= 0.3 is 5.97 Å². The molecule has 2 N–H and O–H groups in total. The molecular weight excluding hydrogens is 276 g/mol. The third kappa shape index (κ3) is 4.55. The van der Waals surface area contributed by atoms with Crippen LogP contribution in [0.1, 0.15) is 36.2 Å². The van der Waals surface area contributed by atoms with Crippen molar-refractivity contribution in [2.45, 2.75) is 33.2 Å². The SMILES string of the molecule is Cc1ccc([N+](=O)[O-])c(C(=O)NC(CC(C)C)C(=O)O)c1. The van der Waals surface area contributed by atoms with Gasteiger partial charge in [0.15, 0.2) is 0 Å². The number of hydrogen-bond acceptors (Lipinski definition) is 4.